The molecular weight excluding hydrogens is 322 g/mol. The van der Waals surface area contributed by atoms with Crippen molar-refractivity contribution < 1.29 is 18.4 Å². The number of amides is 2. The van der Waals surface area contributed by atoms with Gasteiger partial charge in [0.2, 0.25) is 0 Å². The molecule has 0 bridgehead atoms. The van der Waals surface area contributed by atoms with Crippen molar-refractivity contribution >= 4 is 27.7 Å². The van der Waals surface area contributed by atoms with Gasteiger partial charge in [-0.1, -0.05) is 15.9 Å². The molecular formula is C12H13BrF2N2O2. The summed E-state index contributed by atoms with van der Waals surface area (Å²) >= 11 is 3.26. The molecule has 2 amide bonds. The first-order valence-electron chi connectivity index (χ1n) is 5.60. The summed E-state index contributed by atoms with van der Waals surface area (Å²) in [6.45, 7) is 0.405. The van der Waals surface area contributed by atoms with Crippen molar-refractivity contribution in [1.29, 1.82) is 0 Å². The van der Waals surface area contributed by atoms with E-state index in [1.54, 1.807) is 24.3 Å². The van der Waals surface area contributed by atoms with E-state index in [0.717, 1.165) is 4.47 Å². The summed E-state index contributed by atoms with van der Waals surface area (Å²) in [6, 6.07) is 6.82. The van der Waals surface area contributed by atoms with Gasteiger partial charge in [0, 0.05) is 23.1 Å². The molecule has 0 aliphatic rings. The molecule has 0 saturated heterocycles. The van der Waals surface area contributed by atoms with Crippen LogP contribution in [0, 0.1) is 0 Å². The number of carbonyl (C=O) groups excluding carboxylic acids is 2. The molecule has 0 aliphatic carbocycles. The number of benzene rings is 1. The molecule has 0 saturated carbocycles. The molecule has 4 nitrogen and oxygen atoms in total. The number of nitrogens with one attached hydrogen (secondary N) is 2. The quantitative estimate of drug-likeness (QED) is 0.781. The smallest absolute Gasteiger partial charge is 0.315 e. The number of hydrogen-bond acceptors (Lipinski definition) is 2. The van der Waals surface area contributed by atoms with Gasteiger partial charge in [0.25, 0.3) is 11.8 Å². The van der Waals surface area contributed by atoms with Crippen LogP contribution in [0.5, 0.6) is 0 Å². The zero-order chi connectivity index (χ0) is 14.3. The van der Waals surface area contributed by atoms with Crippen LogP contribution in [0.4, 0.5) is 8.78 Å². The summed E-state index contributed by atoms with van der Waals surface area (Å²) in [5.41, 5.74) is 0.514. The van der Waals surface area contributed by atoms with E-state index in [2.05, 4.69) is 26.6 Å². The lowest BCUT2D eigenvalue weighted by molar-refractivity contribution is -0.131. The van der Waals surface area contributed by atoms with Crippen LogP contribution in [0.2, 0.25) is 0 Å². The lowest BCUT2D eigenvalue weighted by atomic mass is 10.2. The highest BCUT2D eigenvalue weighted by atomic mass is 79.9. The van der Waals surface area contributed by atoms with E-state index in [-0.39, 0.29) is 12.5 Å². The second-order valence-electron chi connectivity index (χ2n) is 3.71. The third-order valence-corrected chi connectivity index (χ3v) is 2.77. The van der Waals surface area contributed by atoms with Gasteiger partial charge in [0.15, 0.2) is 0 Å². The Labute approximate surface area is 117 Å². The largest absolute Gasteiger partial charge is 0.352 e. The van der Waals surface area contributed by atoms with Gasteiger partial charge in [-0.15, -0.1) is 0 Å². The van der Waals surface area contributed by atoms with Crippen molar-refractivity contribution in [2.24, 2.45) is 0 Å². The van der Waals surface area contributed by atoms with Crippen molar-refractivity contribution in [2.75, 3.05) is 13.1 Å². The monoisotopic (exact) mass is 334 g/mol. The number of rotatable bonds is 6. The normalized spacial score (nSPS) is 10.3. The lowest BCUT2D eigenvalue weighted by Crippen LogP contribution is -2.33. The van der Waals surface area contributed by atoms with Crippen molar-refractivity contribution in [3.63, 3.8) is 0 Å². The molecule has 0 radical (unpaired) electrons. The highest BCUT2D eigenvalue weighted by Gasteiger charge is 2.13. The molecule has 0 spiro atoms. The molecule has 0 fully saturated rings. The lowest BCUT2D eigenvalue weighted by Gasteiger charge is -2.06. The fourth-order valence-corrected chi connectivity index (χ4v) is 1.55. The summed E-state index contributed by atoms with van der Waals surface area (Å²) in [7, 11) is 0. The van der Waals surface area contributed by atoms with Crippen molar-refractivity contribution in [1.82, 2.24) is 10.6 Å². The molecule has 0 heterocycles. The molecule has 7 heteroatoms. The maximum absolute atomic E-state index is 11.8. The Morgan fingerprint density at radius 2 is 1.68 bits per heavy atom. The van der Waals surface area contributed by atoms with Crippen LogP contribution in [0.3, 0.4) is 0 Å². The zero-order valence-electron chi connectivity index (χ0n) is 9.96. The van der Waals surface area contributed by atoms with Gasteiger partial charge in [-0.25, -0.2) is 0 Å². The van der Waals surface area contributed by atoms with E-state index in [0.29, 0.717) is 18.5 Å². The van der Waals surface area contributed by atoms with E-state index < -0.39 is 12.3 Å². The summed E-state index contributed by atoms with van der Waals surface area (Å²) < 4.78 is 24.5. The fourth-order valence-electron chi connectivity index (χ4n) is 1.28. The van der Waals surface area contributed by atoms with Crippen LogP contribution in [-0.2, 0) is 4.79 Å². The predicted molar refractivity (Wildman–Crippen MR) is 70.1 cm³/mol. The second-order valence-corrected chi connectivity index (χ2v) is 4.62. The molecule has 1 rings (SSSR count). The first-order chi connectivity index (χ1) is 9.00. The average molecular weight is 335 g/mol. The van der Waals surface area contributed by atoms with Crippen LogP contribution < -0.4 is 10.6 Å². The molecule has 0 unspecified atom stereocenters. The fraction of sp³-hybridized carbons (Fsp3) is 0.333. The first kappa shape index (κ1) is 15.6. The third kappa shape index (κ3) is 5.78. The van der Waals surface area contributed by atoms with Gasteiger partial charge in [0.05, 0.1) is 0 Å². The summed E-state index contributed by atoms with van der Waals surface area (Å²) in [4.78, 5) is 22.2. The number of alkyl halides is 2. The zero-order valence-corrected chi connectivity index (χ0v) is 11.5. The van der Waals surface area contributed by atoms with Crippen LogP contribution in [-0.4, -0.2) is 31.3 Å². The van der Waals surface area contributed by atoms with E-state index >= 15 is 0 Å². The minimum atomic E-state index is -3.00. The van der Waals surface area contributed by atoms with E-state index in [1.807, 2.05) is 0 Å². The predicted octanol–water partition coefficient (Wildman–Crippen LogP) is 1.95. The molecule has 19 heavy (non-hydrogen) atoms. The first-order valence-corrected chi connectivity index (χ1v) is 6.39. The molecule has 0 aliphatic heterocycles. The Kier molecular flexibility index (Phi) is 6.41. The van der Waals surface area contributed by atoms with Crippen molar-refractivity contribution in [2.45, 2.75) is 12.8 Å². The van der Waals surface area contributed by atoms with Crippen LogP contribution in [0.15, 0.2) is 28.7 Å². The molecule has 104 valence electrons. The van der Waals surface area contributed by atoms with Gasteiger partial charge in [-0.3, -0.25) is 9.59 Å². The third-order valence-electron chi connectivity index (χ3n) is 2.24. The SMILES string of the molecule is O=C(NCCCNC(=O)C(F)F)c1ccc(Br)cc1. The molecule has 1 aromatic rings. The van der Waals surface area contributed by atoms with Crippen LogP contribution in [0.1, 0.15) is 16.8 Å². The Hall–Kier alpha value is -1.50. The highest BCUT2D eigenvalue weighted by molar-refractivity contribution is 9.10. The highest BCUT2D eigenvalue weighted by Crippen LogP contribution is 2.10. The maximum Gasteiger partial charge on any atom is 0.315 e. The van der Waals surface area contributed by atoms with E-state index in [1.165, 1.54) is 0 Å². The van der Waals surface area contributed by atoms with Crippen LogP contribution in [0.25, 0.3) is 0 Å². The second kappa shape index (κ2) is 7.83. The van der Waals surface area contributed by atoms with Crippen molar-refractivity contribution in [3.8, 4) is 0 Å². The number of hydrogen-bond donors (Lipinski definition) is 2. The molecule has 2 N–H and O–H groups in total. The Morgan fingerprint density at radius 1 is 1.11 bits per heavy atom. The number of carbonyl (C=O) groups is 2. The standard InChI is InChI=1S/C12H13BrF2N2O2/c13-9-4-2-8(3-5-9)11(18)16-6-1-7-17-12(19)10(14)15/h2-5,10H,1,6-7H2,(H,16,18)(H,17,19). The van der Waals surface area contributed by atoms with Crippen molar-refractivity contribution in [3.05, 3.63) is 34.3 Å². The number of halogens is 3. The molecule has 0 atom stereocenters. The Balaban J connectivity index is 2.21. The minimum absolute atomic E-state index is 0.101. The van der Waals surface area contributed by atoms with Gasteiger partial charge in [-0.2, -0.15) is 8.78 Å². The maximum atomic E-state index is 11.8. The van der Waals surface area contributed by atoms with Gasteiger partial charge >= 0.3 is 6.43 Å². The summed E-state index contributed by atoms with van der Waals surface area (Å²) in [5.74, 6) is -1.54. The average Bonchev–Trinajstić information content (AvgIpc) is 2.38. The summed E-state index contributed by atoms with van der Waals surface area (Å²) in [6.07, 6.45) is -2.61. The topological polar surface area (TPSA) is 58.2 Å². The Bertz CT molecular complexity index is 438. The van der Waals surface area contributed by atoms with Gasteiger partial charge in [-0.05, 0) is 30.7 Å². The molecule has 1 aromatic carbocycles. The minimum Gasteiger partial charge on any atom is -0.352 e. The molecule has 0 aromatic heterocycles. The van der Waals surface area contributed by atoms with E-state index in [9.17, 15) is 18.4 Å². The van der Waals surface area contributed by atoms with Gasteiger partial charge in [0.1, 0.15) is 0 Å². The van der Waals surface area contributed by atoms with E-state index in [4.69, 9.17) is 0 Å². The Morgan fingerprint density at radius 3 is 2.26 bits per heavy atom. The van der Waals surface area contributed by atoms with Gasteiger partial charge < -0.3 is 10.6 Å². The summed E-state index contributed by atoms with van der Waals surface area (Å²) in [5, 5.41) is 4.68. The van der Waals surface area contributed by atoms with Crippen LogP contribution >= 0.6 is 15.9 Å².